The second kappa shape index (κ2) is 4.14. The van der Waals surface area contributed by atoms with Crippen LogP contribution in [0.4, 0.5) is 0 Å². The van der Waals surface area contributed by atoms with Crippen molar-refractivity contribution in [2.75, 3.05) is 6.61 Å². The molecule has 1 N–H and O–H groups in total. The molecule has 0 radical (unpaired) electrons. The van der Waals surface area contributed by atoms with Crippen molar-refractivity contribution in [3.05, 3.63) is 28.6 Å². The van der Waals surface area contributed by atoms with Gasteiger partial charge in [0.2, 0.25) is 0 Å². The minimum Gasteiger partial charge on any atom is -0.508 e. The van der Waals surface area contributed by atoms with Crippen molar-refractivity contribution in [3.63, 3.8) is 0 Å². The Morgan fingerprint density at radius 2 is 2.25 bits per heavy atom. The number of aromatic hydroxyl groups is 1. The normalized spacial score (nSPS) is 10.6. The fourth-order valence-corrected chi connectivity index (χ4v) is 2.68. The molecule has 1 aromatic heterocycles. The molecule has 84 valence electrons. The molecule has 0 fully saturated rings. The molecule has 0 amide bonds. The van der Waals surface area contributed by atoms with Crippen molar-refractivity contribution < 1.29 is 14.6 Å². The van der Waals surface area contributed by atoms with Crippen molar-refractivity contribution in [1.29, 1.82) is 0 Å². The predicted octanol–water partition coefficient (Wildman–Crippen LogP) is 3.09. The summed E-state index contributed by atoms with van der Waals surface area (Å²) in [5.74, 6) is -0.0792. The number of ether oxygens (including phenoxy) is 1. The zero-order valence-corrected chi connectivity index (χ0v) is 9.93. The van der Waals surface area contributed by atoms with Gasteiger partial charge in [0.25, 0.3) is 0 Å². The lowest BCUT2D eigenvalue weighted by molar-refractivity contribution is 0.0531. The molecule has 0 aliphatic heterocycles. The Hall–Kier alpha value is -1.55. The highest BCUT2D eigenvalue weighted by Gasteiger charge is 2.16. The first-order valence-electron chi connectivity index (χ1n) is 5.02. The van der Waals surface area contributed by atoms with E-state index >= 15 is 0 Å². The number of phenols is 1. The number of rotatable bonds is 2. The smallest absolute Gasteiger partial charge is 0.348 e. The lowest BCUT2D eigenvalue weighted by Crippen LogP contribution is -2.03. The zero-order chi connectivity index (χ0) is 11.7. The molecule has 0 saturated heterocycles. The van der Waals surface area contributed by atoms with Gasteiger partial charge in [0.15, 0.2) is 0 Å². The van der Waals surface area contributed by atoms with E-state index in [0.29, 0.717) is 11.5 Å². The van der Waals surface area contributed by atoms with Crippen molar-refractivity contribution in [1.82, 2.24) is 0 Å². The number of thiophene rings is 1. The summed E-state index contributed by atoms with van der Waals surface area (Å²) >= 11 is 1.39. The number of carbonyl (C=O) groups excluding carboxylic acids is 1. The van der Waals surface area contributed by atoms with Gasteiger partial charge in [0.1, 0.15) is 10.6 Å². The van der Waals surface area contributed by atoms with Gasteiger partial charge in [0, 0.05) is 4.70 Å². The Labute approximate surface area is 97.3 Å². The second-order valence-electron chi connectivity index (χ2n) is 3.46. The number of carbonyl (C=O) groups is 1. The molecule has 1 heterocycles. The van der Waals surface area contributed by atoms with Crippen LogP contribution in [0, 0.1) is 6.92 Å². The molecule has 1 aromatic carbocycles. The fourth-order valence-electron chi connectivity index (χ4n) is 1.60. The van der Waals surface area contributed by atoms with Crippen LogP contribution in [0.5, 0.6) is 5.75 Å². The molecule has 2 rings (SSSR count). The second-order valence-corrected chi connectivity index (χ2v) is 4.51. The molecule has 16 heavy (non-hydrogen) atoms. The standard InChI is InChI=1S/C12H12O3S/c1-3-15-12(14)11-7(2)9-6-8(13)4-5-10(9)16-11/h4-6,13H,3H2,1-2H3. The van der Waals surface area contributed by atoms with E-state index < -0.39 is 0 Å². The van der Waals surface area contributed by atoms with Crippen molar-refractivity contribution in [2.24, 2.45) is 0 Å². The van der Waals surface area contributed by atoms with Gasteiger partial charge in [-0.15, -0.1) is 11.3 Å². The van der Waals surface area contributed by atoms with E-state index in [2.05, 4.69) is 0 Å². The van der Waals surface area contributed by atoms with Crippen LogP contribution in [0.15, 0.2) is 18.2 Å². The molecule has 0 unspecified atom stereocenters. The summed E-state index contributed by atoms with van der Waals surface area (Å²) in [6.07, 6.45) is 0. The quantitative estimate of drug-likeness (QED) is 0.815. The highest BCUT2D eigenvalue weighted by Crippen LogP contribution is 2.33. The summed E-state index contributed by atoms with van der Waals surface area (Å²) in [5.41, 5.74) is 0.870. The van der Waals surface area contributed by atoms with Crippen LogP contribution >= 0.6 is 11.3 Å². The third kappa shape index (κ3) is 1.76. The Morgan fingerprint density at radius 3 is 2.94 bits per heavy atom. The molecular formula is C12H12O3S. The van der Waals surface area contributed by atoms with Crippen LogP contribution < -0.4 is 0 Å². The average molecular weight is 236 g/mol. The van der Waals surface area contributed by atoms with Gasteiger partial charge in [-0.25, -0.2) is 4.79 Å². The Morgan fingerprint density at radius 1 is 1.50 bits per heavy atom. The van der Waals surface area contributed by atoms with E-state index in [1.54, 1.807) is 19.1 Å². The van der Waals surface area contributed by atoms with Gasteiger partial charge in [-0.3, -0.25) is 0 Å². The predicted molar refractivity (Wildman–Crippen MR) is 64.2 cm³/mol. The first-order chi connectivity index (χ1) is 7.63. The van der Waals surface area contributed by atoms with Gasteiger partial charge in [-0.1, -0.05) is 0 Å². The van der Waals surface area contributed by atoms with Crippen molar-refractivity contribution in [2.45, 2.75) is 13.8 Å². The molecule has 0 aliphatic carbocycles. The number of hydrogen-bond donors (Lipinski definition) is 1. The van der Waals surface area contributed by atoms with Crippen molar-refractivity contribution in [3.8, 4) is 5.75 Å². The molecule has 0 bridgehead atoms. The maximum atomic E-state index is 11.6. The maximum Gasteiger partial charge on any atom is 0.348 e. The summed E-state index contributed by atoms with van der Waals surface area (Å²) in [6, 6.07) is 5.10. The van der Waals surface area contributed by atoms with Crippen molar-refractivity contribution >= 4 is 27.4 Å². The van der Waals surface area contributed by atoms with Crippen LogP contribution in [0.1, 0.15) is 22.2 Å². The first-order valence-corrected chi connectivity index (χ1v) is 5.84. The first kappa shape index (κ1) is 11.0. The lowest BCUT2D eigenvalue weighted by Gasteiger charge is -1.99. The van der Waals surface area contributed by atoms with E-state index in [9.17, 15) is 9.90 Å². The van der Waals surface area contributed by atoms with Gasteiger partial charge >= 0.3 is 5.97 Å². The SMILES string of the molecule is CCOC(=O)c1sc2ccc(O)cc2c1C. The van der Waals surface area contributed by atoms with Gasteiger partial charge in [-0.05, 0) is 43.0 Å². The minimum atomic E-state index is -0.291. The van der Waals surface area contributed by atoms with Crippen LogP contribution in [-0.2, 0) is 4.74 Å². The summed E-state index contributed by atoms with van der Waals surface area (Å²) in [7, 11) is 0. The summed E-state index contributed by atoms with van der Waals surface area (Å²) < 4.78 is 5.96. The Bertz CT molecular complexity index is 542. The molecule has 2 aromatic rings. The van der Waals surface area contributed by atoms with Crippen LogP contribution in [0.3, 0.4) is 0 Å². The van der Waals surface area contributed by atoms with E-state index in [0.717, 1.165) is 15.6 Å². The monoisotopic (exact) mass is 236 g/mol. The number of hydrogen-bond acceptors (Lipinski definition) is 4. The van der Waals surface area contributed by atoms with E-state index in [1.165, 1.54) is 11.3 Å². The van der Waals surface area contributed by atoms with Gasteiger partial charge in [-0.2, -0.15) is 0 Å². The van der Waals surface area contributed by atoms with E-state index in [4.69, 9.17) is 4.74 Å². The number of esters is 1. The van der Waals surface area contributed by atoms with Crippen LogP contribution in [-0.4, -0.2) is 17.7 Å². The molecule has 3 nitrogen and oxygen atoms in total. The Kier molecular flexibility index (Phi) is 2.83. The number of fused-ring (bicyclic) bond motifs is 1. The number of aryl methyl sites for hydroxylation is 1. The number of phenolic OH excluding ortho intramolecular Hbond substituents is 1. The van der Waals surface area contributed by atoms with Gasteiger partial charge < -0.3 is 9.84 Å². The summed E-state index contributed by atoms with van der Waals surface area (Å²) in [5, 5.41) is 10.3. The zero-order valence-electron chi connectivity index (χ0n) is 9.11. The Balaban J connectivity index is 2.56. The largest absolute Gasteiger partial charge is 0.508 e. The highest BCUT2D eigenvalue weighted by atomic mass is 32.1. The molecule has 0 atom stereocenters. The average Bonchev–Trinajstić information content (AvgIpc) is 2.57. The van der Waals surface area contributed by atoms with Gasteiger partial charge in [0.05, 0.1) is 6.61 Å². The third-order valence-electron chi connectivity index (χ3n) is 2.38. The third-order valence-corrected chi connectivity index (χ3v) is 3.63. The topological polar surface area (TPSA) is 46.5 Å². The molecule has 0 aliphatic rings. The fraction of sp³-hybridized carbons (Fsp3) is 0.250. The minimum absolute atomic E-state index is 0.212. The summed E-state index contributed by atoms with van der Waals surface area (Å²) in [4.78, 5) is 12.3. The lowest BCUT2D eigenvalue weighted by atomic mass is 10.1. The van der Waals surface area contributed by atoms with Crippen LogP contribution in [0.2, 0.25) is 0 Å². The van der Waals surface area contributed by atoms with E-state index in [1.807, 2.05) is 13.0 Å². The number of benzene rings is 1. The highest BCUT2D eigenvalue weighted by molar-refractivity contribution is 7.21. The molecule has 4 heteroatoms. The van der Waals surface area contributed by atoms with E-state index in [-0.39, 0.29) is 11.7 Å². The summed E-state index contributed by atoms with van der Waals surface area (Å²) in [6.45, 7) is 4.02. The maximum absolute atomic E-state index is 11.6. The van der Waals surface area contributed by atoms with Crippen LogP contribution in [0.25, 0.3) is 10.1 Å². The molecular weight excluding hydrogens is 224 g/mol. The molecule has 0 spiro atoms. The molecule has 0 saturated carbocycles.